The number of fused-ring (bicyclic) bond motifs is 1. The Balaban J connectivity index is 1.54. The second-order valence-electron chi connectivity index (χ2n) is 5.23. The van der Waals surface area contributed by atoms with Crippen molar-refractivity contribution in [1.82, 2.24) is 20.1 Å². The summed E-state index contributed by atoms with van der Waals surface area (Å²) in [5.74, 6) is -0.141. The molecule has 6 nitrogen and oxygen atoms in total. The summed E-state index contributed by atoms with van der Waals surface area (Å²) in [6.07, 6.45) is 6.00. The van der Waals surface area contributed by atoms with Crippen molar-refractivity contribution in [2.24, 2.45) is 5.73 Å². The molecule has 1 amide bonds. The third-order valence-electron chi connectivity index (χ3n) is 3.65. The van der Waals surface area contributed by atoms with Crippen LogP contribution in [0, 0.1) is 0 Å². The number of H-pyrrole nitrogens is 1. The van der Waals surface area contributed by atoms with Crippen molar-refractivity contribution in [2.45, 2.75) is 19.0 Å². The van der Waals surface area contributed by atoms with Crippen LogP contribution in [0.4, 0.5) is 0 Å². The van der Waals surface area contributed by atoms with Gasteiger partial charge < -0.3 is 16.0 Å². The molecule has 22 heavy (non-hydrogen) atoms. The van der Waals surface area contributed by atoms with E-state index >= 15 is 0 Å². The largest absolute Gasteiger partial charge is 0.361 e. The minimum Gasteiger partial charge on any atom is -0.361 e. The fourth-order valence-electron chi connectivity index (χ4n) is 2.49. The van der Waals surface area contributed by atoms with Crippen LogP contribution in [0.3, 0.4) is 0 Å². The molecule has 1 atom stereocenters. The SMILES string of the molecule is N[C@@H](Cc1c[nH]c2ccccc12)C(=O)NCCn1cccn1. The van der Waals surface area contributed by atoms with Gasteiger partial charge in [-0.2, -0.15) is 5.10 Å². The van der Waals surface area contributed by atoms with E-state index < -0.39 is 6.04 Å². The zero-order chi connectivity index (χ0) is 15.4. The maximum absolute atomic E-state index is 12.1. The summed E-state index contributed by atoms with van der Waals surface area (Å²) in [5.41, 5.74) is 8.13. The number of hydrogen-bond donors (Lipinski definition) is 3. The number of nitrogens with one attached hydrogen (secondary N) is 2. The van der Waals surface area contributed by atoms with Crippen molar-refractivity contribution in [3.63, 3.8) is 0 Å². The lowest BCUT2D eigenvalue weighted by atomic mass is 10.1. The topological polar surface area (TPSA) is 88.7 Å². The fourth-order valence-corrected chi connectivity index (χ4v) is 2.49. The molecule has 0 saturated carbocycles. The van der Waals surface area contributed by atoms with Crippen molar-refractivity contribution in [1.29, 1.82) is 0 Å². The Kier molecular flexibility index (Phi) is 4.20. The van der Waals surface area contributed by atoms with Gasteiger partial charge in [0.15, 0.2) is 0 Å². The van der Waals surface area contributed by atoms with Gasteiger partial charge in [-0.05, 0) is 24.1 Å². The van der Waals surface area contributed by atoms with Crippen LogP contribution in [0.2, 0.25) is 0 Å². The summed E-state index contributed by atoms with van der Waals surface area (Å²) in [4.78, 5) is 15.3. The van der Waals surface area contributed by atoms with Crippen molar-refractivity contribution in [2.75, 3.05) is 6.54 Å². The number of nitrogens with two attached hydrogens (primary N) is 1. The molecule has 2 aromatic heterocycles. The minimum absolute atomic E-state index is 0.141. The highest BCUT2D eigenvalue weighted by Crippen LogP contribution is 2.18. The van der Waals surface area contributed by atoms with E-state index in [9.17, 15) is 4.79 Å². The number of aromatic nitrogens is 3. The van der Waals surface area contributed by atoms with Gasteiger partial charge in [-0.15, -0.1) is 0 Å². The lowest BCUT2D eigenvalue weighted by Gasteiger charge is -2.12. The van der Waals surface area contributed by atoms with Gasteiger partial charge in [0, 0.05) is 36.0 Å². The summed E-state index contributed by atoms with van der Waals surface area (Å²) >= 11 is 0. The smallest absolute Gasteiger partial charge is 0.237 e. The second-order valence-corrected chi connectivity index (χ2v) is 5.23. The van der Waals surface area contributed by atoms with Crippen LogP contribution in [0.25, 0.3) is 10.9 Å². The first kappa shape index (κ1) is 14.3. The predicted molar refractivity (Wildman–Crippen MR) is 85.2 cm³/mol. The Labute approximate surface area is 128 Å². The Morgan fingerprint density at radius 3 is 3.05 bits per heavy atom. The molecule has 0 saturated heterocycles. The quantitative estimate of drug-likeness (QED) is 0.635. The summed E-state index contributed by atoms with van der Waals surface area (Å²) in [6.45, 7) is 1.15. The van der Waals surface area contributed by atoms with Crippen LogP contribution in [0.15, 0.2) is 48.9 Å². The Bertz CT molecular complexity index is 747. The molecule has 0 radical (unpaired) electrons. The van der Waals surface area contributed by atoms with Gasteiger partial charge >= 0.3 is 0 Å². The highest BCUT2D eigenvalue weighted by Gasteiger charge is 2.15. The van der Waals surface area contributed by atoms with E-state index in [1.54, 1.807) is 10.9 Å². The Hall–Kier alpha value is -2.60. The highest BCUT2D eigenvalue weighted by atomic mass is 16.2. The van der Waals surface area contributed by atoms with Gasteiger partial charge in [-0.25, -0.2) is 0 Å². The summed E-state index contributed by atoms with van der Waals surface area (Å²) < 4.78 is 1.77. The molecule has 0 aliphatic carbocycles. The number of carbonyl (C=O) groups excluding carboxylic acids is 1. The second kappa shape index (κ2) is 6.44. The van der Waals surface area contributed by atoms with E-state index in [1.165, 1.54) is 0 Å². The molecule has 3 rings (SSSR count). The van der Waals surface area contributed by atoms with Crippen LogP contribution < -0.4 is 11.1 Å². The molecule has 0 aliphatic heterocycles. The van der Waals surface area contributed by atoms with Crippen LogP contribution in [-0.4, -0.2) is 33.3 Å². The lowest BCUT2D eigenvalue weighted by molar-refractivity contribution is -0.122. The van der Waals surface area contributed by atoms with Crippen molar-refractivity contribution in [3.05, 3.63) is 54.5 Å². The van der Waals surface area contributed by atoms with Gasteiger partial charge in [0.1, 0.15) is 0 Å². The average molecular weight is 297 g/mol. The highest BCUT2D eigenvalue weighted by molar-refractivity contribution is 5.86. The third kappa shape index (κ3) is 3.17. The van der Waals surface area contributed by atoms with Crippen molar-refractivity contribution >= 4 is 16.8 Å². The van der Waals surface area contributed by atoms with Crippen LogP contribution in [0.1, 0.15) is 5.56 Å². The number of rotatable bonds is 6. The molecular formula is C16H19N5O. The number of carbonyl (C=O) groups is 1. The summed E-state index contributed by atoms with van der Waals surface area (Å²) in [5, 5.41) is 8.04. The van der Waals surface area contributed by atoms with E-state index in [4.69, 9.17) is 5.73 Å². The van der Waals surface area contributed by atoms with Crippen LogP contribution in [-0.2, 0) is 17.8 Å². The van der Waals surface area contributed by atoms with Gasteiger partial charge in [-0.1, -0.05) is 18.2 Å². The Morgan fingerprint density at radius 1 is 1.36 bits per heavy atom. The van der Waals surface area contributed by atoms with E-state index in [0.29, 0.717) is 19.5 Å². The summed E-state index contributed by atoms with van der Waals surface area (Å²) in [7, 11) is 0. The molecule has 0 spiro atoms. The standard InChI is InChI=1S/C16H19N5O/c17-14(16(22)18-7-9-21-8-3-6-20-21)10-12-11-19-15-5-2-1-4-13(12)15/h1-6,8,11,14,19H,7,9-10,17H2,(H,18,22)/t14-/m0/s1. The monoisotopic (exact) mass is 297 g/mol. The van der Waals surface area contributed by atoms with Crippen molar-refractivity contribution < 1.29 is 4.79 Å². The number of aromatic amines is 1. The average Bonchev–Trinajstić information content (AvgIpc) is 3.17. The molecule has 0 aliphatic rings. The zero-order valence-electron chi connectivity index (χ0n) is 12.2. The first-order chi connectivity index (χ1) is 10.7. The van der Waals surface area contributed by atoms with Gasteiger partial charge in [0.2, 0.25) is 5.91 Å². The van der Waals surface area contributed by atoms with Crippen LogP contribution >= 0.6 is 0 Å². The molecule has 2 heterocycles. The number of nitrogens with zero attached hydrogens (tertiary/aromatic N) is 2. The maximum atomic E-state index is 12.1. The molecular weight excluding hydrogens is 278 g/mol. The maximum Gasteiger partial charge on any atom is 0.237 e. The van der Waals surface area contributed by atoms with Gasteiger partial charge in [-0.3, -0.25) is 9.48 Å². The molecule has 0 fully saturated rings. The normalized spacial score (nSPS) is 12.4. The van der Waals surface area contributed by atoms with Gasteiger partial charge in [0.25, 0.3) is 0 Å². The van der Waals surface area contributed by atoms with E-state index in [0.717, 1.165) is 16.5 Å². The molecule has 4 N–H and O–H groups in total. The van der Waals surface area contributed by atoms with E-state index in [-0.39, 0.29) is 5.91 Å². The fraction of sp³-hybridized carbons (Fsp3) is 0.250. The first-order valence-corrected chi connectivity index (χ1v) is 7.30. The zero-order valence-corrected chi connectivity index (χ0v) is 12.2. The molecule has 1 aromatic carbocycles. The summed E-state index contributed by atoms with van der Waals surface area (Å²) in [6, 6.07) is 9.29. The molecule has 0 unspecified atom stereocenters. The Morgan fingerprint density at radius 2 is 2.23 bits per heavy atom. The van der Waals surface area contributed by atoms with Gasteiger partial charge in [0.05, 0.1) is 12.6 Å². The molecule has 3 aromatic rings. The van der Waals surface area contributed by atoms with E-state index in [2.05, 4.69) is 15.4 Å². The number of amides is 1. The number of benzene rings is 1. The molecule has 114 valence electrons. The third-order valence-corrected chi connectivity index (χ3v) is 3.65. The minimum atomic E-state index is -0.558. The predicted octanol–water partition coefficient (Wildman–Crippen LogP) is 1.05. The molecule has 6 heteroatoms. The number of para-hydroxylation sites is 1. The van der Waals surface area contributed by atoms with Crippen molar-refractivity contribution in [3.8, 4) is 0 Å². The lowest BCUT2D eigenvalue weighted by Crippen LogP contribution is -2.43. The van der Waals surface area contributed by atoms with E-state index in [1.807, 2.05) is 42.7 Å². The first-order valence-electron chi connectivity index (χ1n) is 7.30. The number of hydrogen-bond acceptors (Lipinski definition) is 3. The molecule has 0 bridgehead atoms. The van der Waals surface area contributed by atoms with Crippen LogP contribution in [0.5, 0.6) is 0 Å².